The zero-order chi connectivity index (χ0) is 21.1. The highest BCUT2D eigenvalue weighted by Crippen LogP contribution is 2.29. The average Bonchev–Trinajstić information content (AvgIpc) is 2.72. The number of aliphatic imine (C=N–C) groups is 1. The number of guanidine groups is 1. The van der Waals surface area contributed by atoms with Crippen molar-refractivity contribution in [3.8, 4) is 5.75 Å². The lowest BCUT2D eigenvalue weighted by Crippen LogP contribution is -2.51. The topological polar surface area (TPSA) is 78.4 Å². The Labute approximate surface area is 198 Å². The van der Waals surface area contributed by atoms with Crippen LogP contribution in [0.15, 0.2) is 29.3 Å². The van der Waals surface area contributed by atoms with Crippen LogP contribution in [0.1, 0.15) is 33.6 Å². The maximum Gasteiger partial charge on any atom is 0.191 e. The molecule has 172 valence electrons. The van der Waals surface area contributed by atoms with Gasteiger partial charge in [0.05, 0.1) is 32.1 Å². The predicted molar refractivity (Wildman–Crippen MR) is 134 cm³/mol. The lowest BCUT2D eigenvalue weighted by Gasteiger charge is -2.36. The summed E-state index contributed by atoms with van der Waals surface area (Å²) in [5.41, 5.74) is 1.13. The van der Waals surface area contributed by atoms with Crippen LogP contribution in [-0.4, -0.2) is 69.7 Å². The molecule has 0 amide bonds. The standard InChI is InChI=1S/C22H38N4O3.HI/c1-5-23-22(24-13-19(27)16-29-15-17(2)3)25-18-9-8-12-26(14-18)20-10-6-7-11-21(20)28-4;/h6-7,10-11,17-19,27H,5,8-9,12-16H2,1-4H3,(H2,23,24,25);1H. The number of aliphatic hydroxyl groups excluding tert-OH is 1. The summed E-state index contributed by atoms with van der Waals surface area (Å²) in [5.74, 6) is 2.10. The largest absolute Gasteiger partial charge is 0.495 e. The molecule has 30 heavy (non-hydrogen) atoms. The summed E-state index contributed by atoms with van der Waals surface area (Å²) in [6.45, 7) is 10.2. The summed E-state index contributed by atoms with van der Waals surface area (Å²) >= 11 is 0. The Bertz CT molecular complexity index is 630. The van der Waals surface area contributed by atoms with E-state index in [1.54, 1.807) is 7.11 Å². The highest BCUT2D eigenvalue weighted by molar-refractivity contribution is 14.0. The van der Waals surface area contributed by atoms with Gasteiger partial charge in [-0.25, -0.2) is 0 Å². The maximum atomic E-state index is 10.1. The summed E-state index contributed by atoms with van der Waals surface area (Å²) in [5, 5.41) is 16.9. The molecule has 0 aliphatic carbocycles. The summed E-state index contributed by atoms with van der Waals surface area (Å²) in [6, 6.07) is 8.42. The number of ether oxygens (including phenoxy) is 2. The molecule has 0 radical (unpaired) electrons. The quantitative estimate of drug-likeness (QED) is 0.244. The fraction of sp³-hybridized carbons (Fsp3) is 0.682. The van der Waals surface area contributed by atoms with Gasteiger partial charge in [-0.15, -0.1) is 24.0 Å². The first-order chi connectivity index (χ1) is 14.0. The Hall–Kier alpha value is -1.26. The van der Waals surface area contributed by atoms with E-state index >= 15 is 0 Å². The number of nitrogens with one attached hydrogen (secondary N) is 2. The molecule has 1 aromatic carbocycles. The molecule has 2 unspecified atom stereocenters. The fourth-order valence-corrected chi connectivity index (χ4v) is 3.41. The van der Waals surface area contributed by atoms with Crippen molar-refractivity contribution in [2.45, 2.75) is 45.8 Å². The Morgan fingerprint density at radius 3 is 2.77 bits per heavy atom. The van der Waals surface area contributed by atoms with Crippen LogP contribution in [-0.2, 0) is 4.74 Å². The third-order valence-corrected chi connectivity index (χ3v) is 4.75. The van der Waals surface area contributed by atoms with Gasteiger partial charge in [-0.2, -0.15) is 0 Å². The lowest BCUT2D eigenvalue weighted by atomic mass is 10.0. The fourth-order valence-electron chi connectivity index (χ4n) is 3.41. The zero-order valence-corrected chi connectivity index (χ0v) is 21.1. The first kappa shape index (κ1) is 26.8. The first-order valence-corrected chi connectivity index (χ1v) is 10.7. The van der Waals surface area contributed by atoms with Crippen LogP contribution in [0.5, 0.6) is 5.75 Å². The summed E-state index contributed by atoms with van der Waals surface area (Å²) in [7, 11) is 1.71. The third-order valence-electron chi connectivity index (χ3n) is 4.75. The molecule has 0 aromatic heterocycles. The Kier molecular flexibility index (Phi) is 13.1. The number of hydrogen-bond donors (Lipinski definition) is 3. The highest BCUT2D eigenvalue weighted by Gasteiger charge is 2.23. The second kappa shape index (κ2) is 14.7. The van der Waals surface area contributed by atoms with Crippen molar-refractivity contribution in [3.05, 3.63) is 24.3 Å². The number of nitrogens with zero attached hydrogens (tertiary/aromatic N) is 2. The first-order valence-electron chi connectivity index (χ1n) is 10.7. The smallest absolute Gasteiger partial charge is 0.191 e. The van der Waals surface area contributed by atoms with E-state index < -0.39 is 6.10 Å². The van der Waals surface area contributed by atoms with Gasteiger partial charge >= 0.3 is 0 Å². The van der Waals surface area contributed by atoms with Crippen molar-refractivity contribution in [3.63, 3.8) is 0 Å². The van der Waals surface area contributed by atoms with Crippen LogP contribution < -0.4 is 20.3 Å². The molecule has 1 saturated heterocycles. The molecule has 7 nitrogen and oxygen atoms in total. The van der Waals surface area contributed by atoms with Gasteiger partial charge in [0, 0.05) is 32.3 Å². The molecule has 2 atom stereocenters. The van der Waals surface area contributed by atoms with Gasteiger partial charge < -0.3 is 30.1 Å². The summed E-state index contributed by atoms with van der Waals surface area (Å²) in [6.07, 6.45) is 1.58. The van der Waals surface area contributed by atoms with Crippen molar-refractivity contribution in [2.75, 3.05) is 51.4 Å². The maximum absolute atomic E-state index is 10.1. The van der Waals surface area contributed by atoms with E-state index in [0.29, 0.717) is 25.7 Å². The van der Waals surface area contributed by atoms with Gasteiger partial charge in [-0.3, -0.25) is 4.99 Å². The van der Waals surface area contributed by atoms with Gasteiger partial charge in [0.1, 0.15) is 5.75 Å². The molecule has 1 fully saturated rings. The van der Waals surface area contributed by atoms with Crippen molar-refractivity contribution < 1.29 is 14.6 Å². The number of piperidine rings is 1. The normalized spacial score (nSPS) is 18.0. The lowest BCUT2D eigenvalue weighted by molar-refractivity contribution is 0.0301. The van der Waals surface area contributed by atoms with Crippen LogP contribution in [0.4, 0.5) is 5.69 Å². The number of rotatable bonds is 10. The van der Waals surface area contributed by atoms with E-state index in [9.17, 15) is 5.11 Å². The van der Waals surface area contributed by atoms with Crippen LogP contribution in [0, 0.1) is 5.92 Å². The van der Waals surface area contributed by atoms with E-state index in [-0.39, 0.29) is 30.0 Å². The molecule has 0 bridgehead atoms. The molecule has 1 heterocycles. The second-order valence-electron chi connectivity index (χ2n) is 7.91. The van der Waals surface area contributed by atoms with E-state index in [4.69, 9.17) is 9.47 Å². The molecule has 1 aromatic rings. The number of halogens is 1. The molecule has 0 spiro atoms. The monoisotopic (exact) mass is 534 g/mol. The number of hydrogen-bond acceptors (Lipinski definition) is 5. The van der Waals surface area contributed by atoms with Crippen molar-refractivity contribution >= 4 is 35.6 Å². The Balaban J connectivity index is 0.00000450. The minimum Gasteiger partial charge on any atom is -0.495 e. The van der Waals surface area contributed by atoms with Gasteiger partial charge in [-0.1, -0.05) is 26.0 Å². The van der Waals surface area contributed by atoms with Crippen LogP contribution in [0.2, 0.25) is 0 Å². The van der Waals surface area contributed by atoms with Crippen molar-refractivity contribution in [1.29, 1.82) is 0 Å². The van der Waals surface area contributed by atoms with Crippen molar-refractivity contribution in [1.82, 2.24) is 10.6 Å². The van der Waals surface area contributed by atoms with E-state index in [0.717, 1.165) is 49.9 Å². The highest BCUT2D eigenvalue weighted by atomic mass is 127. The Morgan fingerprint density at radius 2 is 2.07 bits per heavy atom. The molecule has 0 saturated carbocycles. The molecule has 1 aliphatic rings. The number of methoxy groups -OCH3 is 1. The van der Waals surface area contributed by atoms with Gasteiger partial charge in [0.25, 0.3) is 0 Å². The van der Waals surface area contributed by atoms with Crippen LogP contribution in [0.25, 0.3) is 0 Å². The summed E-state index contributed by atoms with van der Waals surface area (Å²) in [4.78, 5) is 6.92. The average molecular weight is 534 g/mol. The number of anilines is 1. The zero-order valence-electron chi connectivity index (χ0n) is 18.8. The molecule has 8 heteroatoms. The van der Waals surface area contributed by atoms with E-state index in [2.05, 4.69) is 40.4 Å². The van der Waals surface area contributed by atoms with Crippen molar-refractivity contribution in [2.24, 2.45) is 10.9 Å². The van der Waals surface area contributed by atoms with Gasteiger partial charge in [0.2, 0.25) is 0 Å². The molecular weight excluding hydrogens is 495 g/mol. The molecule has 2 rings (SSSR count). The minimum absolute atomic E-state index is 0. The van der Waals surface area contributed by atoms with Crippen LogP contribution in [0.3, 0.4) is 0 Å². The third kappa shape index (κ3) is 9.26. The van der Waals surface area contributed by atoms with E-state index in [1.165, 1.54) is 0 Å². The number of benzene rings is 1. The second-order valence-corrected chi connectivity index (χ2v) is 7.91. The minimum atomic E-state index is -0.597. The van der Waals surface area contributed by atoms with Crippen LogP contribution >= 0.6 is 24.0 Å². The SMILES string of the molecule is CCNC(=NCC(O)COCC(C)C)NC1CCCN(c2ccccc2OC)C1.I. The van der Waals surface area contributed by atoms with E-state index in [1.807, 2.05) is 25.1 Å². The Morgan fingerprint density at radius 1 is 1.30 bits per heavy atom. The molecule has 3 N–H and O–H groups in total. The summed E-state index contributed by atoms with van der Waals surface area (Å²) < 4.78 is 11.0. The van der Waals surface area contributed by atoms with Gasteiger partial charge in [0.15, 0.2) is 5.96 Å². The molecular formula is C22H39IN4O3. The van der Waals surface area contributed by atoms with Gasteiger partial charge in [-0.05, 0) is 37.8 Å². The predicted octanol–water partition coefficient (Wildman–Crippen LogP) is 2.87. The number of aliphatic hydroxyl groups is 1. The number of para-hydroxylation sites is 2. The molecule has 1 aliphatic heterocycles.